The van der Waals surface area contributed by atoms with Crippen molar-refractivity contribution < 1.29 is 0 Å². The molecule has 4 nitrogen and oxygen atoms in total. The molecule has 1 aliphatic carbocycles. The van der Waals surface area contributed by atoms with E-state index in [-0.39, 0.29) is 0 Å². The van der Waals surface area contributed by atoms with Crippen molar-refractivity contribution in [2.24, 2.45) is 0 Å². The zero-order chi connectivity index (χ0) is 15.6. The molecule has 1 aromatic carbocycles. The number of para-hydroxylation sites is 1. The maximum absolute atomic E-state index is 4.80. The van der Waals surface area contributed by atoms with E-state index in [0.29, 0.717) is 12.0 Å². The van der Waals surface area contributed by atoms with Gasteiger partial charge in [-0.2, -0.15) is 0 Å². The number of likely N-dealkylation sites (N-methyl/N-ethyl adjacent to an activating group) is 1. The van der Waals surface area contributed by atoms with Gasteiger partial charge in [-0.05, 0) is 43.9 Å². The number of benzene rings is 1. The van der Waals surface area contributed by atoms with Gasteiger partial charge < -0.3 is 9.80 Å². The summed E-state index contributed by atoms with van der Waals surface area (Å²) in [5, 5.41) is 0. The summed E-state index contributed by atoms with van der Waals surface area (Å²) in [5.41, 5.74) is 1.33. The van der Waals surface area contributed by atoms with Crippen LogP contribution >= 0.6 is 0 Å². The van der Waals surface area contributed by atoms with Crippen molar-refractivity contribution in [3.63, 3.8) is 0 Å². The number of nitrogens with zero attached hydrogens (tertiary/aromatic N) is 4. The highest BCUT2D eigenvalue weighted by Gasteiger charge is 2.28. The van der Waals surface area contributed by atoms with Crippen LogP contribution in [0, 0.1) is 0 Å². The molecule has 120 valence electrons. The Balaban J connectivity index is 1.49. The molecule has 23 heavy (non-hydrogen) atoms. The van der Waals surface area contributed by atoms with Crippen LogP contribution in [0.5, 0.6) is 0 Å². The maximum Gasteiger partial charge on any atom is 0.133 e. The maximum atomic E-state index is 4.80. The Labute approximate surface area is 138 Å². The summed E-state index contributed by atoms with van der Waals surface area (Å²) in [5.74, 6) is 2.71. The molecule has 1 unspecified atom stereocenters. The fraction of sp³-hybridized carbons (Fsp3) is 0.474. The molecule has 4 rings (SSSR count). The molecule has 0 N–H and O–H groups in total. The third-order valence-corrected chi connectivity index (χ3v) is 5.03. The molecule has 2 fully saturated rings. The molecule has 2 heterocycles. The molecule has 1 saturated carbocycles. The SMILES string of the molecule is CN(c1ccnc(C2CC2)n1)C1CCCN(c2ccccc2)C1. The fourth-order valence-corrected chi connectivity index (χ4v) is 3.43. The molecule has 0 amide bonds. The number of rotatable bonds is 4. The van der Waals surface area contributed by atoms with Crippen LogP contribution in [0.1, 0.15) is 37.4 Å². The van der Waals surface area contributed by atoms with Gasteiger partial charge in [-0.25, -0.2) is 9.97 Å². The van der Waals surface area contributed by atoms with Gasteiger partial charge in [-0.1, -0.05) is 18.2 Å². The second-order valence-corrected chi connectivity index (χ2v) is 6.74. The summed E-state index contributed by atoms with van der Waals surface area (Å²) in [4.78, 5) is 14.1. The summed E-state index contributed by atoms with van der Waals surface area (Å²) < 4.78 is 0. The molecular formula is C19H24N4. The predicted octanol–water partition coefficient (Wildman–Crippen LogP) is 3.46. The van der Waals surface area contributed by atoms with E-state index in [0.717, 1.165) is 24.7 Å². The summed E-state index contributed by atoms with van der Waals surface area (Å²) in [6.07, 6.45) is 6.87. The van der Waals surface area contributed by atoms with Crippen molar-refractivity contribution in [3.05, 3.63) is 48.4 Å². The number of hydrogen-bond donors (Lipinski definition) is 0. The average Bonchev–Trinajstić information content (AvgIpc) is 3.47. The molecule has 2 aliphatic rings. The van der Waals surface area contributed by atoms with Gasteiger partial charge in [0.15, 0.2) is 0 Å². The second-order valence-electron chi connectivity index (χ2n) is 6.74. The lowest BCUT2D eigenvalue weighted by Gasteiger charge is -2.39. The molecule has 0 spiro atoms. The Morgan fingerprint density at radius 2 is 1.91 bits per heavy atom. The van der Waals surface area contributed by atoms with Crippen LogP contribution < -0.4 is 9.80 Å². The lowest BCUT2D eigenvalue weighted by molar-refractivity contribution is 0.485. The van der Waals surface area contributed by atoms with E-state index in [1.54, 1.807) is 0 Å². The first-order chi connectivity index (χ1) is 11.3. The van der Waals surface area contributed by atoms with Crippen LogP contribution in [0.25, 0.3) is 0 Å². The number of aromatic nitrogens is 2. The molecule has 1 aromatic heterocycles. The van der Waals surface area contributed by atoms with E-state index in [2.05, 4.69) is 52.2 Å². The molecule has 4 heteroatoms. The lowest BCUT2D eigenvalue weighted by atomic mass is 10.0. The first kappa shape index (κ1) is 14.5. The number of hydrogen-bond acceptors (Lipinski definition) is 4. The summed E-state index contributed by atoms with van der Waals surface area (Å²) in [6, 6.07) is 13.3. The number of piperidine rings is 1. The zero-order valence-corrected chi connectivity index (χ0v) is 13.7. The van der Waals surface area contributed by atoms with E-state index in [1.807, 2.05) is 12.3 Å². The quantitative estimate of drug-likeness (QED) is 0.866. The highest BCUT2D eigenvalue weighted by atomic mass is 15.3. The first-order valence-electron chi connectivity index (χ1n) is 8.67. The first-order valence-corrected chi connectivity index (χ1v) is 8.67. The smallest absolute Gasteiger partial charge is 0.133 e. The minimum atomic E-state index is 0.505. The van der Waals surface area contributed by atoms with Crippen LogP contribution in [-0.2, 0) is 0 Å². The Morgan fingerprint density at radius 1 is 1.09 bits per heavy atom. The second kappa shape index (κ2) is 6.19. The molecule has 2 aromatic rings. The van der Waals surface area contributed by atoms with Crippen LogP contribution in [0.2, 0.25) is 0 Å². The Hall–Kier alpha value is -2.10. The van der Waals surface area contributed by atoms with Gasteiger partial charge in [0.25, 0.3) is 0 Å². The van der Waals surface area contributed by atoms with E-state index in [1.165, 1.54) is 31.4 Å². The minimum Gasteiger partial charge on any atom is -0.369 e. The van der Waals surface area contributed by atoms with E-state index in [4.69, 9.17) is 4.98 Å². The standard InChI is InChI=1S/C19H24N4/c1-22(18-11-12-20-19(21-18)15-9-10-15)17-8-5-13-23(14-17)16-6-3-2-4-7-16/h2-4,6-7,11-12,15,17H,5,8-10,13-14H2,1H3. The average molecular weight is 308 g/mol. The number of anilines is 2. The summed E-state index contributed by atoms with van der Waals surface area (Å²) in [6.45, 7) is 2.20. The molecule has 1 saturated heterocycles. The topological polar surface area (TPSA) is 32.3 Å². The molecule has 0 bridgehead atoms. The van der Waals surface area contributed by atoms with E-state index < -0.39 is 0 Å². The molecular weight excluding hydrogens is 284 g/mol. The van der Waals surface area contributed by atoms with Gasteiger partial charge in [-0.3, -0.25) is 0 Å². The zero-order valence-electron chi connectivity index (χ0n) is 13.7. The lowest BCUT2D eigenvalue weighted by Crippen LogP contribution is -2.47. The van der Waals surface area contributed by atoms with Crippen LogP contribution in [0.3, 0.4) is 0 Å². The monoisotopic (exact) mass is 308 g/mol. The van der Waals surface area contributed by atoms with Crippen molar-refractivity contribution in [1.29, 1.82) is 0 Å². The molecule has 1 aliphatic heterocycles. The van der Waals surface area contributed by atoms with Crippen molar-refractivity contribution in [3.8, 4) is 0 Å². The molecule has 1 atom stereocenters. The normalized spacial score (nSPS) is 21.3. The van der Waals surface area contributed by atoms with Crippen molar-refractivity contribution in [2.75, 3.05) is 29.9 Å². The van der Waals surface area contributed by atoms with Crippen molar-refractivity contribution >= 4 is 11.5 Å². The van der Waals surface area contributed by atoms with Gasteiger partial charge in [-0.15, -0.1) is 0 Å². The van der Waals surface area contributed by atoms with Crippen molar-refractivity contribution in [2.45, 2.75) is 37.6 Å². The third-order valence-electron chi connectivity index (χ3n) is 5.03. The highest BCUT2D eigenvalue weighted by Crippen LogP contribution is 2.38. The van der Waals surface area contributed by atoms with Crippen LogP contribution in [0.4, 0.5) is 11.5 Å². The minimum absolute atomic E-state index is 0.505. The third kappa shape index (κ3) is 3.16. The fourth-order valence-electron chi connectivity index (χ4n) is 3.43. The van der Waals surface area contributed by atoms with E-state index >= 15 is 0 Å². The highest BCUT2D eigenvalue weighted by molar-refractivity contribution is 5.48. The van der Waals surface area contributed by atoms with Crippen LogP contribution in [-0.4, -0.2) is 36.1 Å². The van der Waals surface area contributed by atoms with Gasteiger partial charge in [0.2, 0.25) is 0 Å². The summed E-state index contributed by atoms with van der Waals surface area (Å²) >= 11 is 0. The van der Waals surface area contributed by atoms with Gasteiger partial charge in [0, 0.05) is 44.0 Å². The van der Waals surface area contributed by atoms with E-state index in [9.17, 15) is 0 Å². The Morgan fingerprint density at radius 3 is 2.70 bits per heavy atom. The Bertz CT molecular complexity index is 653. The largest absolute Gasteiger partial charge is 0.369 e. The van der Waals surface area contributed by atoms with Gasteiger partial charge >= 0.3 is 0 Å². The Kier molecular flexibility index (Phi) is 3.90. The predicted molar refractivity (Wildman–Crippen MR) is 94.1 cm³/mol. The molecule has 0 radical (unpaired) electrons. The summed E-state index contributed by atoms with van der Waals surface area (Å²) in [7, 11) is 2.18. The van der Waals surface area contributed by atoms with Crippen molar-refractivity contribution in [1.82, 2.24) is 9.97 Å². The van der Waals surface area contributed by atoms with Gasteiger partial charge in [0.05, 0.1) is 0 Å². The van der Waals surface area contributed by atoms with Gasteiger partial charge in [0.1, 0.15) is 11.6 Å². The van der Waals surface area contributed by atoms with Crippen LogP contribution in [0.15, 0.2) is 42.6 Å².